The van der Waals surface area contributed by atoms with Gasteiger partial charge in [0.1, 0.15) is 17.4 Å². The first-order valence-electron chi connectivity index (χ1n) is 4.54. The molecule has 84 valence electrons. The van der Waals surface area contributed by atoms with Crippen molar-refractivity contribution < 1.29 is 13.5 Å². The molecule has 1 aromatic carbocycles. The summed E-state index contributed by atoms with van der Waals surface area (Å²) in [6.07, 6.45) is 1.82. The maximum absolute atomic E-state index is 13.2. The van der Waals surface area contributed by atoms with Crippen LogP contribution in [0.1, 0.15) is 5.56 Å². The maximum atomic E-state index is 13.2. The maximum Gasteiger partial charge on any atom is 0.322 e. The van der Waals surface area contributed by atoms with Crippen molar-refractivity contribution in [1.82, 2.24) is 9.97 Å². The summed E-state index contributed by atoms with van der Waals surface area (Å²) in [5.41, 5.74) is -0.250. The average molecular weight is 233 g/mol. The van der Waals surface area contributed by atoms with Crippen LogP contribution in [0, 0.1) is 23.0 Å². The molecule has 0 bridgehead atoms. The van der Waals surface area contributed by atoms with Gasteiger partial charge in [-0.1, -0.05) is 6.07 Å². The molecule has 6 heteroatoms. The third-order valence-corrected chi connectivity index (χ3v) is 1.89. The van der Waals surface area contributed by atoms with Gasteiger partial charge in [-0.25, -0.2) is 18.7 Å². The van der Waals surface area contributed by atoms with Crippen LogP contribution in [0.15, 0.2) is 30.6 Å². The van der Waals surface area contributed by atoms with E-state index in [0.717, 1.165) is 18.5 Å². The van der Waals surface area contributed by atoms with Crippen LogP contribution in [0.25, 0.3) is 0 Å². The van der Waals surface area contributed by atoms with E-state index in [1.54, 1.807) is 6.07 Å². The Morgan fingerprint density at radius 2 is 1.88 bits per heavy atom. The zero-order valence-corrected chi connectivity index (χ0v) is 8.39. The predicted molar refractivity (Wildman–Crippen MR) is 53.2 cm³/mol. The Morgan fingerprint density at radius 3 is 2.53 bits per heavy atom. The van der Waals surface area contributed by atoms with E-state index in [1.807, 2.05) is 0 Å². The molecule has 2 aromatic rings. The molecule has 4 nitrogen and oxygen atoms in total. The molecule has 0 aliphatic carbocycles. The molecule has 0 atom stereocenters. The molecular formula is C11H5F2N3O. The van der Waals surface area contributed by atoms with Gasteiger partial charge >= 0.3 is 6.01 Å². The smallest absolute Gasteiger partial charge is 0.322 e. The van der Waals surface area contributed by atoms with Gasteiger partial charge in [0, 0.05) is 0 Å². The zero-order valence-electron chi connectivity index (χ0n) is 8.39. The normalized spacial score (nSPS) is 9.71. The predicted octanol–water partition coefficient (Wildman–Crippen LogP) is 2.42. The number of halogens is 2. The van der Waals surface area contributed by atoms with Crippen molar-refractivity contribution >= 4 is 0 Å². The van der Waals surface area contributed by atoms with Crippen molar-refractivity contribution in [3.05, 3.63) is 47.8 Å². The first-order valence-corrected chi connectivity index (χ1v) is 4.54. The Balaban J connectivity index is 2.34. The topological polar surface area (TPSA) is 58.8 Å². The minimum atomic E-state index is -0.702. The first kappa shape index (κ1) is 11.0. The molecule has 0 amide bonds. The Hall–Kier alpha value is -2.55. The van der Waals surface area contributed by atoms with Gasteiger partial charge in [0.2, 0.25) is 0 Å². The molecule has 0 aliphatic rings. The fourth-order valence-corrected chi connectivity index (χ4v) is 1.15. The molecule has 0 N–H and O–H groups in total. The number of ether oxygens (including phenoxy) is 1. The lowest BCUT2D eigenvalue weighted by Crippen LogP contribution is -1.95. The Bertz CT molecular complexity index is 578. The average Bonchev–Trinajstić information content (AvgIpc) is 2.32. The van der Waals surface area contributed by atoms with E-state index < -0.39 is 11.6 Å². The van der Waals surface area contributed by atoms with Crippen molar-refractivity contribution in [3.8, 4) is 17.8 Å². The number of hydrogen-bond donors (Lipinski definition) is 0. The van der Waals surface area contributed by atoms with Crippen LogP contribution in [-0.4, -0.2) is 9.97 Å². The largest absolute Gasteiger partial charge is 0.423 e. The summed E-state index contributed by atoms with van der Waals surface area (Å²) in [7, 11) is 0. The van der Waals surface area contributed by atoms with Gasteiger partial charge in [-0.3, -0.25) is 0 Å². The molecule has 2 rings (SSSR count). The van der Waals surface area contributed by atoms with E-state index >= 15 is 0 Å². The van der Waals surface area contributed by atoms with Crippen LogP contribution < -0.4 is 4.74 Å². The van der Waals surface area contributed by atoms with E-state index in [-0.39, 0.29) is 17.3 Å². The van der Waals surface area contributed by atoms with Crippen LogP contribution in [-0.2, 0) is 0 Å². The summed E-state index contributed by atoms with van der Waals surface area (Å²) in [6.45, 7) is 0. The van der Waals surface area contributed by atoms with Crippen LogP contribution >= 0.6 is 0 Å². The number of nitriles is 1. The second-order valence-electron chi connectivity index (χ2n) is 3.01. The van der Waals surface area contributed by atoms with Gasteiger partial charge in [-0.05, 0) is 12.1 Å². The van der Waals surface area contributed by atoms with Gasteiger partial charge in [-0.2, -0.15) is 5.26 Å². The summed E-state index contributed by atoms with van der Waals surface area (Å²) in [5, 5.41) is 8.75. The monoisotopic (exact) mass is 233 g/mol. The minimum absolute atomic E-state index is 0.0147. The minimum Gasteiger partial charge on any atom is -0.423 e. The SMILES string of the molecule is N#Cc1c(F)cccc1Oc1ncc(F)cn1. The van der Waals surface area contributed by atoms with Gasteiger partial charge in [0.15, 0.2) is 11.6 Å². The van der Waals surface area contributed by atoms with Crippen LogP contribution in [0.3, 0.4) is 0 Å². The molecule has 0 saturated heterocycles. The highest BCUT2D eigenvalue weighted by Crippen LogP contribution is 2.24. The van der Waals surface area contributed by atoms with E-state index in [0.29, 0.717) is 0 Å². The summed E-state index contributed by atoms with van der Waals surface area (Å²) < 4.78 is 30.8. The zero-order chi connectivity index (χ0) is 12.3. The van der Waals surface area contributed by atoms with Crippen molar-refractivity contribution in [3.63, 3.8) is 0 Å². The quantitative estimate of drug-likeness (QED) is 0.799. The second kappa shape index (κ2) is 4.53. The molecule has 0 radical (unpaired) electrons. The summed E-state index contributed by atoms with van der Waals surface area (Å²) in [6, 6.07) is 5.42. The van der Waals surface area contributed by atoms with Gasteiger partial charge in [-0.15, -0.1) is 0 Å². The van der Waals surface area contributed by atoms with Gasteiger partial charge in [0.25, 0.3) is 0 Å². The Labute approximate surface area is 95.1 Å². The van der Waals surface area contributed by atoms with Crippen LogP contribution in [0.5, 0.6) is 11.8 Å². The van der Waals surface area contributed by atoms with E-state index in [4.69, 9.17) is 10.00 Å². The molecule has 17 heavy (non-hydrogen) atoms. The number of benzene rings is 1. The van der Waals surface area contributed by atoms with Crippen LogP contribution in [0.2, 0.25) is 0 Å². The fraction of sp³-hybridized carbons (Fsp3) is 0. The standard InChI is InChI=1S/C11H5F2N3O/c12-7-5-15-11(16-6-7)17-10-3-1-2-9(13)8(10)4-14/h1-3,5-6H. The van der Waals surface area contributed by atoms with Crippen molar-refractivity contribution in [1.29, 1.82) is 5.26 Å². The summed E-state index contributed by atoms with van der Waals surface area (Å²) in [5.74, 6) is -1.33. The number of aromatic nitrogens is 2. The lowest BCUT2D eigenvalue weighted by molar-refractivity contribution is 0.431. The second-order valence-corrected chi connectivity index (χ2v) is 3.01. The molecule has 0 aliphatic heterocycles. The summed E-state index contributed by atoms with van der Waals surface area (Å²) in [4.78, 5) is 7.08. The number of hydrogen-bond acceptors (Lipinski definition) is 4. The van der Waals surface area contributed by atoms with E-state index in [2.05, 4.69) is 9.97 Å². The number of nitrogens with zero attached hydrogens (tertiary/aromatic N) is 3. The molecule has 0 saturated carbocycles. The van der Waals surface area contributed by atoms with Gasteiger partial charge in [0.05, 0.1) is 12.4 Å². The Morgan fingerprint density at radius 1 is 1.18 bits per heavy atom. The van der Waals surface area contributed by atoms with E-state index in [9.17, 15) is 8.78 Å². The highest BCUT2D eigenvalue weighted by molar-refractivity contribution is 5.44. The third kappa shape index (κ3) is 2.34. The molecule has 1 aromatic heterocycles. The Kier molecular flexibility index (Phi) is 2.92. The fourth-order valence-electron chi connectivity index (χ4n) is 1.15. The lowest BCUT2D eigenvalue weighted by Gasteiger charge is -2.05. The van der Waals surface area contributed by atoms with Crippen molar-refractivity contribution in [2.45, 2.75) is 0 Å². The van der Waals surface area contributed by atoms with E-state index in [1.165, 1.54) is 12.1 Å². The molecule has 0 spiro atoms. The molecule has 1 heterocycles. The molecule has 0 fully saturated rings. The highest BCUT2D eigenvalue weighted by atomic mass is 19.1. The third-order valence-electron chi connectivity index (χ3n) is 1.89. The van der Waals surface area contributed by atoms with Crippen LogP contribution in [0.4, 0.5) is 8.78 Å². The number of rotatable bonds is 2. The lowest BCUT2D eigenvalue weighted by atomic mass is 10.2. The summed E-state index contributed by atoms with van der Waals surface area (Å²) >= 11 is 0. The van der Waals surface area contributed by atoms with Gasteiger partial charge < -0.3 is 4.74 Å². The first-order chi connectivity index (χ1) is 8.20. The van der Waals surface area contributed by atoms with Crippen molar-refractivity contribution in [2.75, 3.05) is 0 Å². The van der Waals surface area contributed by atoms with Crippen molar-refractivity contribution in [2.24, 2.45) is 0 Å². The highest BCUT2D eigenvalue weighted by Gasteiger charge is 2.10. The molecular weight excluding hydrogens is 228 g/mol. The molecule has 0 unspecified atom stereocenters.